The quantitative estimate of drug-likeness (QED) is 0.0303. The Morgan fingerprint density at radius 1 is 0.619 bits per heavy atom. The van der Waals surface area contributed by atoms with E-state index in [1.165, 1.54) is 59.3 Å². The summed E-state index contributed by atoms with van der Waals surface area (Å²) in [7, 11) is 4.29. The van der Waals surface area contributed by atoms with Gasteiger partial charge in [-0.25, -0.2) is 0 Å². The highest BCUT2D eigenvalue weighted by molar-refractivity contribution is 9.10. The lowest BCUT2D eigenvalue weighted by molar-refractivity contribution is -0.142. The third-order valence-electron chi connectivity index (χ3n) is 9.63. The number of ether oxygens (including phenoxy) is 3. The fourth-order valence-corrected chi connectivity index (χ4v) is 9.30. The van der Waals surface area contributed by atoms with Gasteiger partial charge in [0.05, 0.1) is 69.1 Å². The predicted octanol–water partition coefficient (Wildman–Crippen LogP) is 8.56. The van der Waals surface area contributed by atoms with Crippen molar-refractivity contribution >= 4 is 108 Å². The minimum atomic E-state index is -0.875. The molecular formula is C42H48Br2N6O9P2S2. The fourth-order valence-electron chi connectivity index (χ4n) is 6.59. The molecule has 21 heteroatoms. The summed E-state index contributed by atoms with van der Waals surface area (Å²) in [6.45, 7) is 3.07. The van der Waals surface area contributed by atoms with E-state index in [9.17, 15) is 9.59 Å². The van der Waals surface area contributed by atoms with E-state index in [1.54, 1.807) is 0 Å². The monoisotopic (exact) mass is 1060 g/mol. The zero-order valence-electron chi connectivity index (χ0n) is 34.1. The molecule has 2 N–H and O–H groups in total. The largest absolute Gasteiger partial charge is 0.481 e. The van der Waals surface area contributed by atoms with Crippen LogP contribution in [-0.4, -0.2) is 116 Å². The maximum atomic E-state index is 12.1. The van der Waals surface area contributed by atoms with Crippen molar-refractivity contribution in [3.05, 3.63) is 93.4 Å². The normalized spacial score (nSPS) is 13.3. The number of carboxylic acid groups (broad SMARTS) is 1. The Hall–Kier alpha value is -3.06. The van der Waals surface area contributed by atoms with Crippen molar-refractivity contribution in [2.45, 2.75) is 47.8 Å². The van der Waals surface area contributed by atoms with Gasteiger partial charge >= 0.3 is 11.9 Å². The number of esters is 1. The second-order valence-corrected chi connectivity index (χ2v) is 18.0. The van der Waals surface area contributed by atoms with Crippen LogP contribution >= 0.6 is 74.3 Å². The molecule has 4 aromatic carbocycles. The molecule has 2 atom stereocenters. The molecule has 2 saturated carbocycles. The average Bonchev–Trinajstić information content (AvgIpc) is 4.25. The molecule has 8 rings (SSSR count). The number of aliphatic hydroxyl groups excluding tert-OH is 1. The van der Waals surface area contributed by atoms with Crippen molar-refractivity contribution in [2.75, 3.05) is 64.4 Å². The van der Waals surface area contributed by atoms with Crippen LogP contribution in [0, 0.1) is 0 Å². The second-order valence-electron chi connectivity index (χ2n) is 14.0. The summed E-state index contributed by atoms with van der Waals surface area (Å²) in [6.07, 6.45) is 5.00. The van der Waals surface area contributed by atoms with Crippen LogP contribution < -0.4 is 0 Å². The minimum Gasteiger partial charge on any atom is -0.481 e. The number of nitrogens with zero attached hydrogens (tertiary/aromatic N) is 6. The molecule has 2 fully saturated rings. The molecule has 2 aliphatic carbocycles. The molecule has 2 aliphatic rings. The first-order chi connectivity index (χ1) is 30.7. The number of hydrogen-bond acceptors (Lipinski definition) is 14. The van der Waals surface area contributed by atoms with Crippen LogP contribution in [0.5, 0.6) is 0 Å². The molecule has 0 amide bonds. The van der Waals surface area contributed by atoms with E-state index >= 15 is 0 Å². The number of hydrogen-bond donors (Lipinski definition) is 2. The molecule has 63 heavy (non-hydrogen) atoms. The summed E-state index contributed by atoms with van der Waals surface area (Å²) in [5.74, 6) is 0.204. The summed E-state index contributed by atoms with van der Waals surface area (Å²) in [5.41, 5.74) is 4.73. The summed E-state index contributed by atoms with van der Waals surface area (Å²) in [4.78, 5) is 23.0. The molecule has 0 bridgehead atoms. The highest BCUT2D eigenvalue weighted by atomic mass is 79.9. The number of thioether (sulfide) groups is 2. The van der Waals surface area contributed by atoms with Crippen LogP contribution in [-0.2, 0) is 32.8 Å². The van der Waals surface area contributed by atoms with Crippen LogP contribution in [0.4, 0.5) is 0 Å². The predicted molar refractivity (Wildman–Crippen MR) is 257 cm³/mol. The van der Waals surface area contributed by atoms with Gasteiger partial charge < -0.3 is 33.5 Å². The molecule has 2 unspecified atom stereocenters. The zero-order chi connectivity index (χ0) is 44.6. The lowest BCUT2D eigenvalue weighted by Gasteiger charge is -2.14. The maximum absolute atomic E-state index is 12.1. The molecular weight excluding hydrogens is 1020 g/mol. The lowest BCUT2D eigenvalue weighted by Crippen LogP contribution is -2.14. The number of carbonyl (C=O) groups excluding carboxylic acids is 1. The van der Waals surface area contributed by atoms with Gasteiger partial charge in [0, 0.05) is 29.7 Å². The van der Waals surface area contributed by atoms with Gasteiger partial charge in [-0.1, -0.05) is 84.2 Å². The standard InChI is InChI=1S/C21H23BrN3O4PS.C17H14BrN3O2S.C4H11O3P/c22-20-23-24-21(31-13-19(26)28-11-9-27-10-12-29-30)25(20)18-8-7-15(14-5-6-14)16-3-1-2-4-17(16)18;18-16-19-20-17(24-9-15(22)23)21(16)14-8-7-11(10-5-6-10)12-3-1-2-4-13(12)14;5-1-2-6-3-4-7-8/h1-4,7-8,14H,5-6,9-13,30H2;1-4,7-8,10H,5-6,9H2,(H,22,23);5H,1-4,8H2. The Kier molecular flexibility index (Phi) is 20.1. The molecule has 15 nitrogen and oxygen atoms in total. The van der Waals surface area contributed by atoms with E-state index < -0.39 is 5.97 Å². The summed E-state index contributed by atoms with van der Waals surface area (Å²) >= 11 is 9.40. The number of halogens is 2. The molecule has 0 saturated heterocycles. The molecule has 2 heterocycles. The van der Waals surface area contributed by atoms with E-state index in [0.717, 1.165) is 33.9 Å². The Morgan fingerprint density at radius 2 is 1.06 bits per heavy atom. The number of carboxylic acids is 1. The van der Waals surface area contributed by atoms with E-state index in [0.29, 0.717) is 71.3 Å². The highest BCUT2D eigenvalue weighted by Crippen LogP contribution is 2.45. The SMILES string of the molecule is O=C(CSc1nnc(Br)n1-c1ccc(C2CC2)c2ccccc12)OCCOCCOP.O=C(O)CSc1nnc(Br)n1-c1ccc(C2CC2)c2ccccc12.OCCOCCOP. The molecule has 336 valence electrons. The Morgan fingerprint density at radius 3 is 1.51 bits per heavy atom. The van der Waals surface area contributed by atoms with Crippen LogP contribution in [0.2, 0.25) is 0 Å². The van der Waals surface area contributed by atoms with E-state index in [1.807, 2.05) is 21.3 Å². The molecule has 2 aromatic heterocycles. The van der Waals surface area contributed by atoms with E-state index in [-0.39, 0.29) is 30.7 Å². The first-order valence-corrected chi connectivity index (χ1v) is 24.5. The Balaban J connectivity index is 0.000000183. The number of aliphatic hydroxyl groups is 1. The van der Waals surface area contributed by atoms with Gasteiger partial charge in [0.15, 0.2) is 10.3 Å². The van der Waals surface area contributed by atoms with Crippen molar-refractivity contribution in [3.63, 3.8) is 0 Å². The number of benzene rings is 4. The summed E-state index contributed by atoms with van der Waals surface area (Å²) in [5, 5.41) is 39.7. The van der Waals surface area contributed by atoms with Gasteiger partial charge in [0.2, 0.25) is 9.47 Å². The molecule has 0 radical (unpaired) electrons. The number of aromatic nitrogens is 6. The number of aliphatic carboxylic acids is 1. The van der Waals surface area contributed by atoms with Crippen LogP contribution in [0.3, 0.4) is 0 Å². The van der Waals surface area contributed by atoms with Gasteiger partial charge in [-0.3, -0.25) is 18.7 Å². The molecule has 0 spiro atoms. The zero-order valence-corrected chi connectivity index (χ0v) is 41.3. The van der Waals surface area contributed by atoms with Crippen molar-refractivity contribution in [3.8, 4) is 11.4 Å². The molecule has 6 aromatic rings. The Bertz CT molecular complexity index is 2430. The number of fused-ring (bicyclic) bond motifs is 2. The number of rotatable bonds is 21. The minimum absolute atomic E-state index is 0.0524. The van der Waals surface area contributed by atoms with E-state index in [2.05, 4.69) is 136 Å². The van der Waals surface area contributed by atoms with Crippen molar-refractivity contribution in [1.82, 2.24) is 29.5 Å². The van der Waals surface area contributed by atoms with Gasteiger partial charge in [-0.2, -0.15) is 0 Å². The van der Waals surface area contributed by atoms with E-state index in [4.69, 9.17) is 28.9 Å². The maximum Gasteiger partial charge on any atom is 0.316 e. The molecule has 0 aliphatic heterocycles. The lowest BCUT2D eigenvalue weighted by atomic mass is 9.99. The van der Waals surface area contributed by atoms with Crippen LogP contribution in [0.1, 0.15) is 48.6 Å². The van der Waals surface area contributed by atoms with Crippen LogP contribution in [0.15, 0.2) is 92.6 Å². The van der Waals surface area contributed by atoms with Crippen molar-refractivity contribution in [2.24, 2.45) is 0 Å². The van der Waals surface area contributed by atoms with Crippen molar-refractivity contribution < 1.29 is 43.1 Å². The summed E-state index contributed by atoms with van der Waals surface area (Å²) in [6, 6.07) is 25.3. The van der Waals surface area contributed by atoms with Gasteiger partial charge in [-0.05, 0) is 103 Å². The third kappa shape index (κ3) is 14.2. The van der Waals surface area contributed by atoms with Gasteiger partial charge in [-0.15, -0.1) is 20.4 Å². The smallest absolute Gasteiger partial charge is 0.316 e. The van der Waals surface area contributed by atoms with Crippen LogP contribution in [0.25, 0.3) is 32.9 Å². The van der Waals surface area contributed by atoms with Crippen molar-refractivity contribution in [1.29, 1.82) is 0 Å². The Labute approximate surface area is 394 Å². The average molecular weight is 1070 g/mol. The first kappa shape index (κ1) is 49.4. The van der Waals surface area contributed by atoms with Gasteiger partial charge in [0.25, 0.3) is 0 Å². The second kappa shape index (κ2) is 25.6. The number of carbonyl (C=O) groups is 2. The highest BCUT2D eigenvalue weighted by Gasteiger charge is 2.28. The first-order valence-electron chi connectivity index (χ1n) is 20.0. The topological polar surface area (TPSA) is 182 Å². The van der Waals surface area contributed by atoms with Gasteiger partial charge in [0.1, 0.15) is 6.61 Å². The summed E-state index contributed by atoms with van der Waals surface area (Å²) < 4.78 is 29.7. The third-order valence-corrected chi connectivity index (χ3v) is 12.9. The fraction of sp³-hybridized carbons (Fsp3) is 0.381.